The summed E-state index contributed by atoms with van der Waals surface area (Å²) in [5.41, 5.74) is 22.9. The number of aryl methyl sites for hydroxylation is 8. The van der Waals surface area contributed by atoms with Crippen molar-refractivity contribution in [3.8, 4) is 0 Å². The number of rotatable bonds is 20. The van der Waals surface area contributed by atoms with Crippen LogP contribution in [0, 0.1) is 13.8 Å². The summed E-state index contributed by atoms with van der Waals surface area (Å²) in [7, 11) is -3.32. The number of nitrogens with one attached hydrogen (secondary N) is 4. The molecule has 0 fully saturated rings. The van der Waals surface area contributed by atoms with Gasteiger partial charge in [0.2, 0.25) is 10.0 Å². The van der Waals surface area contributed by atoms with Gasteiger partial charge in [-0.2, -0.15) is 0 Å². The second-order valence-corrected chi connectivity index (χ2v) is 25.1. The van der Waals surface area contributed by atoms with Crippen molar-refractivity contribution in [2.45, 2.75) is 91.3 Å². The summed E-state index contributed by atoms with van der Waals surface area (Å²) in [6, 6.07) is 68.7. The Hall–Kier alpha value is -7.77. The average molecular weight is 1180 g/mol. The molecule has 12 rings (SSSR count). The molecule has 4 heterocycles. The molecule has 0 radical (unpaired) electrons. The van der Waals surface area contributed by atoms with E-state index in [0.717, 1.165) is 127 Å². The Morgan fingerprint density at radius 1 is 0.419 bits per heavy atom. The molecule has 0 amide bonds. The first kappa shape index (κ1) is 61.3. The molecule has 1 aromatic heterocycles. The maximum Gasteiger partial charge on any atom is 0.229 e. The number of aromatic nitrogens is 1. The summed E-state index contributed by atoms with van der Waals surface area (Å²) in [6.07, 6.45) is 14.4. The first-order chi connectivity index (χ1) is 42.0. The molecular formula is C74H83ClN8O2S. The molecule has 9 aromatic rings. The number of halogens is 1. The van der Waals surface area contributed by atoms with Crippen molar-refractivity contribution in [3.63, 3.8) is 0 Å². The molecule has 0 saturated carbocycles. The van der Waals surface area contributed by atoms with Gasteiger partial charge in [0.15, 0.2) is 0 Å². The van der Waals surface area contributed by atoms with Crippen LogP contribution in [0.1, 0.15) is 80.5 Å². The van der Waals surface area contributed by atoms with Crippen LogP contribution in [0.3, 0.4) is 0 Å². The molecule has 0 spiro atoms. The Bertz CT molecular complexity index is 3680. The van der Waals surface area contributed by atoms with E-state index in [0.29, 0.717) is 5.69 Å². The predicted octanol–water partition coefficient (Wildman–Crippen LogP) is 15.3. The third-order valence-electron chi connectivity index (χ3n) is 16.3. The summed E-state index contributed by atoms with van der Waals surface area (Å²) >= 11 is 6.35. The predicted molar refractivity (Wildman–Crippen MR) is 361 cm³/mol. The highest BCUT2D eigenvalue weighted by molar-refractivity contribution is 7.92. The van der Waals surface area contributed by atoms with Crippen molar-refractivity contribution in [1.29, 1.82) is 0 Å². The van der Waals surface area contributed by atoms with E-state index >= 15 is 0 Å². The maximum atomic E-state index is 11.8. The minimum absolute atomic E-state index is 0.605. The van der Waals surface area contributed by atoms with E-state index in [1.165, 1.54) is 95.9 Å². The smallest absolute Gasteiger partial charge is 0.229 e. The fraction of sp³-hybridized carbons (Fsp3) is 0.284. The minimum atomic E-state index is -3.32. The Morgan fingerprint density at radius 2 is 0.791 bits per heavy atom. The number of nitrogens with zero attached hydrogens (tertiary/aromatic N) is 4. The fourth-order valence-electron chi connectivity index (χ4n) is 11.9. The van der Waals surface area contributed by atoms with Crippen molar-refractivity contribution in [1.82, 2.24) is 20.9 Å². The summed E-state index contributed by atoms with van der Waals surface area (Å²) in [6.45, 7) is 12.6. The highest BCUT2D eigenvalue weighted by Gasteiger charge is 2.24. The zero-order valence-electron chi connectivity index (χ0n) is 50.2. The summed E-state index contributed by atoms with van der Waals surface area (Å²) in [5.74, 6) is 0. The number of fused-ring (bicyclic) bond motifs is 6. The Morgan fingerprint density at radius 3 is 1.20 bits per heavy atom. The van der Waals surface area contributed by atoms with Gasteiger partial charge < -0.3 is 30.7 Å². The van der Waals surface area contributed by atoms with Crippen LogP contribution in [0.25, 0.3) is 0 Å². The van der Waals surface area contributed by atoms with Crippen LogP contribution in [-0.2, 0) is 68.2 Å². The van der Waals surface area contributed by atoms with E-state index in [1.807, 2.05) is 36.7 Å². The fourth-order valence-corrected chi connectivity index (χ4v) is 12.6. The molecule has 3 aliphatic heterocycles. The van der Waals surface area contributed by atoms with Crippen molar-refractivity contribution in [2.75, 3.05) is 64.9 Å². The first-order valence-corrected chi connectivity index (χ1v) is 32.9. The molecule has 444 valence electrons. The van der Waals surface area contributed by atoms with Crippen molar-refractivity contribution < 1.29 is 8.42 Å². The van der Waals surface area contributed by atoms with Gasteiger partial charge in [0.05, 0.1) is 11.9 Å². The third kappa shape index (κ3) is 17.2. The van der Waals surface area contributed by atoms with Crippen LogP contribution >= 0.6 is 11.6 Å². The molecule has 0 bridgehead atoms. The van der Waals surface area contributed by atoms with Crippen LogP contribution in [-0.4, -0.2) is 58.9 Å². The van der Waals surface area contributed by atoms with Crippen molar-refractivity contribution in [3.05, 3.63) is 273 Å². The average Bonchev–Trinajstić information content (AvgIpc) is 2.33. The number of para-hydroxylation sites is 4. The largest absolute Gasteiger partial charge is 0.341 e. The van der Waals surface area contributed by atoms with Gasteiger partial charge in [0.1, 0.15) is 0 Å². The number of hydrogen-bond acceptors (Lipinski definition) is 9. The third-order valence-corrected chi connectivity index (χ3v) is 17.1. The lowest BCUT2D eigenvalue weighted by Gasteiger charge is -2.27. The highest BCUT2D eigenvalue weighted by Crippen LogP contribution is 2.40. The molecule has 0 atom stereocenters. The molecule has 4 N–H and O–H groups in total. The van der Waals surface area contributed by atoms with E-state index < -0.39 is 10.0 Å². The molecule has 0 saturated heterocycles. The topological polar surface area (TPSA) is 105 Å². The second-order valence-electron chi connectivity index (χ2n) is 22.9. The molecule has 12 heteroatoms. The zero-order valence-corrected chi connectivity index (χ0v) is 51.8. The van der Waals surface area contributed by atoms with E-state index in [-0.39, 0.29) is 0 Å². The number of benzene rings is 8. The van der Waals surface area contributed by atoms with Gasteiger partial charge in [-0.25, -0.2) is 8.42 Å². The number of anilines is 7. The first-order valence-electron chi connectivity index (χ1n) is 30.7. The molecule has 86 heavy (non-hydrogen) atoms. The van der Waals surface area contributed by atoms with Gasteiger partial charge in [0, 0.05) is 90.8 Å². The summed E-state index contributed by atoms with van der Waals surface area (Å²) in [5, 5.41) is 11.5. The van der Waals surface area contributed by atoms with Gasteiger partial charge in [-0.05, 0) is 196 Å². The number of hydrogen-bond donors (Lipinski definition) is 4. The van der Waals surface area contributed by atoms with E-state index in [4.69, 9.17) is 11.6 Å². The Balaban J connectivity index is 0.000000144. The zero-order chi connectivity index (χ0) is 59.5. The quantitative estimate of drug-likeness (QED) is 0.0556. The molecule has 0 unspecified atom stereocenters. The second kappa shape index (κ2) is 30.5. The minimum Gasteiger partial charge on any atom is -0.341 e. The number of sulfonamides is 1. The van der Waals surface area contributed by atoms with Gasteiger partial charge in [-0.15, -0.1) is 0 Å². The lowest BCUT2D eigenvalue weighted by molar-refractivity contribution is 0.607. The van der Waals surface area contributed by atoms with Gasteiger partial charge in [0.25, 0.3) is 0 Å². The molecule has 8 aromatic carbocycles. The SMILES string of the molecule is Cc1ccc(CNCCCN2c3ccccc3CCc3ccc(Cl)cc32)cc1.Cc1ccc(CNCCCN2c3ccccc3CCc3ccc(NS(C)(=O)=O)cc32)cc1.c1cncc(CNCCCN2c3ccccc3CCc3ccccc32)c1. The normalized spacial score (nSPS) is 13.1. The van der Waals surface area contributed by atoms with E-state index in [2.05, 4.69) is 224 Å². The summed E-state index contributed by atoms with van der Waals surface area (Å²) in [4.78, 5) is 11.5. The van der Waals surface area contributed by atoms with Gasteiger partial charge >= 0.3 is 0 Å². The van der Waals surface area contributed by atoms with Gasteiger partial charge in [-0.3, -0.25) is 9.71 Å². The van der Waals surface area contributed by atoms with Crippen LogP contribution < -0.4 is 35.4 Å². The Labute approximate surface area is 516 Å². The standard InChI is InChI=1S/C26H31N3O2S.C25H27ClN2.C23H25N3/c1-20-8-10-21(11-9-20)19-27-16-5-17-29-25-7-4-3-6-22(25)12-13-23-14-15-24(18-26(23)29)28-32(2,30)31;1-19-7-9-20(10-8-19)18-27-15-4-16-28-24-6-3-2-5-21(24)11-12-22-13-14-23(26)17-25(22)28;1-3-10-22-20(8-1)12-13-21-9-2-4-11-23(21)26(22)16-6-15-25-18-19-7-5-14-24-17-19/h3-4,6-11,14-15,18,27-28H,5,12-13,16-17,19H2,1-2H3;2-3,5-10,13-14,17,27H,4,11-12,15-16,18H2,1H3;1-5,7-11,14,17,25H,6,12-13,15-16,18H2. The number of pyridine rings is 1. The Kier molecular flexibility index (Phi) is 21.8. The summed E-state index contributed by atoms with van der Waals surface area (Å²) < 4.78 is 26.2. The monoisotopic (exact) mass is 1180 g/mol. The van der Waals surface area contributed by atoms with Crippen LogP contribution in [0.5, 0.6) is 0 Å². The molecular weight excluding hydrogens is 1100 g/mol. The van der Waals surface area contributed by atoms with Crippen molar-refractivity contribution >= 4 is 61.4 Å². The maximum absolute atomic E-state index is 11.8. The van der Waals surface area contributed by atoms with Crippen LogP contribution in [0.15, 0.2) is 207 Å². The van der Waals surface area contributed by atoms with E-state index in [1.54, 1.807) is 0 Å². The lowest BCUT2D eigenvalue weighted by Crippen LogP contribution is -2.24. The molecule has 0 aliphatic carbocycles. The van der Waals surface area contributed by atoms with Crippen molar-refractivity contribution in [2.24, 2.45) is 0 Å². The lowest BCUT2D eigenvalue weighted by atomic mass is 10.0. The van der Waals surface area contributed by atoms with E-state index in [9.17, 15) is 8.42 Å². The van der Waals surface area contributed by atoms with Crippen LogP contribution in [0.2, 0.25) is 5.02 Å². The molecule has 10 nitrogen and oxygen atoms in total. The van der Waals surface area contributed by atoms with Crippen LogP contribution in [0.4, 0.5) is 39.8 Å². The molecule has 3 aliphatic rings. The highest BCUT2D eigenvalue weighted by atomic mass is 35.5. The van der Waals surface area contributed by atoms with Gasteiger partial charge in [-0.1, -0.05) is 162 Å².